The van der Waals surface area contributed by atoms with Gasteiger partial charge in [-0.1, -0.05) is 87.5 Å². The summed E-state index contributed by atoms with van der Waals surface area (Å²) >= 11 is 0. The van der Waals surface area contributed by atoms with E-state index in [1.54, 1.807) is 85.8 Å². The van der Waals surface area contributed by atoms with E-state index in [0.29, 0.717) is 5.56 Å². The van der Waals surface area contributed by atoms with Crippen molar-refractivity contribution in [1.82, 2.24) is 5.32 Å². The molecule has 0 aliphatic heterocycles. The monoisotopic (exact) mass is 869 g/mol. The Labute approximate surface area is 365 Å². The third-order valence-electron chi connectivity index (χ3n) is 13.6. The first-order valence-electron chi connectivity index (χ1n) is 20.8. The van der Waals surface area contributed by atoms with Crippen LogP contribution in [0, 0.1) is 22.7 Å². The molecule has 336 valence electrons. The van der Waals surface area contributed by atoms with Crippen LogP contribution in [-0.2, 0) is 38.1 Å². The smallest absolute Gasteiger partial charge is 0.338 e. The molecule has 0 saturated heterocycles. The topological polar surface area (TPSA) is 232 Å². The average molecular weight is 870 g/mol. The summed E-state index contributed by atoms with van der Waals surface area (Å²) in [6.45, 7) is 8.62. The van der Waals surface area contributed by atoms with Gasteiger partial charge in [0.2, 0.25) is 0 Å². The second-order valence-corrected chi connectivity index (χ2v) is 17.6. The molecule has 3 aromatic rings. The third kappa shape index (κ3) is 8.18. The summed E-state index contributed by atoms with van der Waals surface area (Å²) in [5.74, 6) is -8.30. The number of aliphatic hydroxyl groups is 4. The standard InChI is InChI=1S/C48H55NO14/c1-26-23-34(53)46(7)39(47(26,25-50)63-29(4)52)41(62-43(57)32-21-15-10-16-22-32)48(59)24-33(27(2)35(45(48,5)6)38(40(46)55)60-28(3)51)61-44(58)37(54)36(30-17-11-8-12-18-30)49-42(56)31-19-13-9-14-20-31/h8-22,26,33-34,36-39,41,50,53-54,59H,23-25H2,1-7H3,(H,49,56)/t26-,33+,34+,36+,37-,38-,39+,41+,46-,47+,48-/m1/s1. The zero-order valence-corrected chi connectivity index (χ0v) is 36.3. The first-order chi connectivity index (χ1) is 29.6. The number of hydrogen-bond acceptors (Lipinski definition) is 14. The Kier molecular flexibility index (Phi) is 13.2. The van der Waals surface area contributed by atoms with E-state index < -0.39 is 119 Å². The SMILES string of the molecule is CC(=O)O[C@H]1C(=O)[C@@]2(C)[C@H]([C@H](OC(=O)c3ccccc3)[C@]3(O)C[C@H](OC(=O)[C@H](O)[C@@H](NC(=O)c4ccccc4)c4ccccc4)C(C)=C1C3(C)C)[C@@](CO)(OC(C)=O)[C@H](C)C[C@@H]2O. The Bertz CT molecular complexity index is 2260. The molecule has 2 bridgehead atoms. The van der Waals surface area contributed by atoms with Gasteiger partial charge in [-0.2, -0.15) is 0 Å². The van der Waals surface area contributed by atoms with Crippen molar-refractivity contribution in [2.75, 3.05) is 6.61 Å². The molecule has 2 fully saturated rings. The van der Waals surface area contributed by atoms with Gasteiger partial charge in [0.25, 0.3) is 5.91 Å². The van der Waals surface area contributed by atoms with Crippen molar-refractivity contribution >= 4 is 35.6 Å². The van der Waals surface area contributed by atoms with Crippen molar-refractivity contribution in [3.8, 4) is 0 Å². The summed E-state index contributed by atoms with van der Waals surface area (Å²) in [5.41, 5.74) is -7.82. The van der Waals surface area contributed by atoms with Crippen molar-refractivity contribution in [1.29, 1.82) is 0 Å². The van der Waals surface area contributed by atoms with Crippen LogP contribution in [0.4, 0.5) is 0 Å². The maximum absolute atomic E-state index is 15.5. The van der Waals surface area contributed by atoms with E-state index in [1.165, 1.54) is 39.8 Å². The number of rotatable bonds is 11. The van der Waals surface area contributed by atoms with E-state index in [4.69, 9.17) is 18.9 Å². The number of carbonyl (C=O) groups is 6. The minimum Gasteiger partial charge on any atom is -0.456 e. The molecule has 1 amide bonds. The molecule has 0 unspecified atom stereocenters. The summed E-state index contributed by atoms with van der Waals surface area (Å²) in [6, 6.07) is 22.7. The number of carbonyl (C=O) groups excluding carboxylic acids is 6. The molecule has 11 atom stereocenters. The minimum absolute atomic E-state index is 0.0247. The number of ether oxygens (including phenoxy) is 4. The number of nitrogens with one attached hydrogen (secondary N) is 1. The lowest BCUT2D eigenvalue weighted by molar-refractivity contribution is -0.280. The van der Waals surface area contributed by atoms with Gasteiger partial charge < -0.3 is 44.7 Å². The predicted octanol–water partition coefficient (Wildman–Crippen LogP) is 3.97. The predicted molar refractivity (Wildman–Crippen MR) is 224 cm³/mol. The number of hydrogen-bond donors (Lipinski definition) is 5. The van der Waals surface area contributed by atoms with Gasteiger partial charge in [-0.25, -0.2) is 9.59 Å². The normalized spacial score (nSPS) is 30.9. The molecular formula is C48H55NO14. The second-order valence-electron chi connectivity index (χ2n) is 17.6. The van der Waals surface area contributed by atoms with Crippen LogP contribution in [0.3, 0.4) is 0 Å². The van der Waals surface area contributed by atoms with Crippen molar-refractivity contribution in [2.24, 2.45) is 22.7 Å². The number of ketones is 1. The van der Waals surface area contributed by atoms with Gasteiger partial charge in [0.05, 0.1) is 35.6 Å². The number of aliphatic hydroxyl groups excluding tert-OH is 3. The maximum atomic E-state index is 15.5. The fraction of sp³-hybridized carbons (Fsp3) is 0.458. The van der Waals surface area contributed by atoms with Crippen LogP contribution >= 0.6 is 0 Å². The molecule has 0 aromatic heterocycles. The molecule has 15 nitrogen and oxygen atoms in total. The summed E-state index contributed by atoms with van der Waals surface area (Å²) in [5, 5.41) is 51.7. The molecule has 0 spiro atoms. The quantitative estimate of drug-likeness (QED) is 0.104. The van der Waals surface area contributed by atoms with Gasteiger partial charge in [-0.3, -0.25) is 19.2 Å². The molecule has 2 saturated carbocycles. The number of fused-ring (bicyclic) bond motifs is 3. The van der Waals surface area contributed by atoms with E-state index in [0.717, 1.165) is 13.8 Å². The molecular weight excluding hydrogens is 815 g/mol. The molecule has 3 aliphatic rings. The average Bonchev–Trinajstić information content (AvgIpc) is 3.25. The molecule has 63 heavy (non-hydrogen) atoms. The minimum atomic E-state index is -2.48. The lowest BCUT2D eigenvalue weighted by atomic mass is 9.44. The molecule has 6 rings (SSSR count). The van der Waals surface area contributed by atoms with E-state index in [-0.39, 0.29) is 28.7 Å². The van der Waals surface area contributed by atoms with Crippen molar-refractivity contribution in [2.45, 2.75) is 109 Å². The highest BCUT2D eigenvalue weighted by Gasteiger charge is 2.75. The zero-order chi connectivity index (χ0) is 46.2. The van der Waals surface area contributed by atoms with Crippen molar-refractivity contribution in [3.63, 3.8) is 0 Å². The van der Waals surface area contributed by atoms with E-state index in [2.05, 4.69) is 5.32 Å². The van der Waals surface area contributed by atoms with Gasteiger partial charge in [0, 0.05) is 37.2 Å². The van der Waals surface area contributed by atoms with E-state index in [9.17, 15) is 44.4 Å². The first-order valence-corrected chi connectivity index (χ1v) is 20.8. The van der Waals surface area contributed by atoms with Gasteiger partial charge in [-0.15, -0.1) is 0 Å². The summed E-state index contributed by atoms with van der Waals surface area (Å²) < 4.78 is 24.3. The summed E-state index contributed by atoms with van der Waals surface area (Å²) in [4.78, 5) is 83.7. The van der Waals surface area contributed by atoms with Crippen molar-refractivity contribution in [3.05, 3.63) is 119 Å². The highest BCUT2D eigenvalue weighted by atomic mass is 16.6. The lowest BCUT2D eigenvalue weighted by Crippen LogP contribution is -2.77. The van der Waals surface area contributed by atoms with Crippen molar-refractivity contribution < 1.29 is 68.1 Å². The summed E-state index contributed by atoms with van der Waals surface area (Å²) in [7, 11) is 0. The van der Waals surface area contributed by atoms with Gasteiger partial charge in [0.15, 0.2) is 18.0 Å². The second kappa shape index (κ2) is 17.8. The van der Waals surface area contributed by atoms with Crippen LogP contribution in [0.1, 0.15) is 93.6 Å². The lowest BCUT2D eigenvalue weighted by Gasteiger charge is -2.64. The van der Waals surface area contributed by atoms with Gasteiger partial charge in [0.1, 0.15) is 23.4 Å². The molecule has 3 aromatic carbocycles. The van der Waals surface area contributed by atoms with Crippen LogP contribution in [0.15, 0.2) is 102 Å². The third-order valence-corrected chi connectivity index (χ3v) is 13.6. The maximum Gasteiger partial charge on any atom is 0.338 e. The Morgan fingerprint density at radius 1 is 0.825 bits per heavy atom. The largest absolute Gasteiger partial charge is 0.456 e. The molecule has 5 N–H and O–H groups in total. The molecule has 0 radical (unpaired) electrons. The number of benzene rings is 3. The summed E-state index contributed by atoms with van der Waals surface area (Å²) in [6.07, 6.45) is -9.87. The Morgan fingerprint density at radius 3 is 1.92 bits per heavy atom. The number of amides is 1. The fourth-order valence-electron chi connectivity index (χ4n) is 10.2. The van der Waals surface area contributed by atoms with Crippen LogP contribution < -0.4 is 5.32 Å². The van der Waals surface area contributed by atoms with Gasteiger partial charge in [-0.05, 0) is 61.2 Å². The van der Waals surface area contributed by atoms with Crippen LogP contribution in [0.2, 0.25) is 0 Å². The highest BCUT2D eigenvalue weighted by molar-refractivity contribution is 5.96. The number of Topliss-reactive ketones (excluding diaryl/α,β-unsaturated/α-hetero) is 1. The van der Waals surface area contributed by atoms with E-state index >= 15 is 4.79 Å². The Balaban J connectivity index is 1.56. The molecule has 15 heteroatoms. The van der Waals surface area contributed by atoms with Crippen LogP contribution in [-0.4, -0.2) is 104 Å². The highest BCUT2D eigenvalue weighted by Crippen LogP contribution is 2.63. The fourth-order valence-corrected chi connectivity index (χ4v) is 10.2. The Hall–Kier alpha value is -5.74. The van der Waals surface area contributed by atoms with Crippen LogP contribution in [0.5, 0.6) is 0 Å². The zero-order valence-electron chi connectivity index (χ0n) is 36.3. The van der Waals surface area contributed by atoms with Gasteiger partial charge >= 0.3 is 23.9 Å². The molecule has 3 aliphatic carbocycles. The number of esters is 4. The Morgan fingerprint density at radius 2 is 1.38 bits per heavy atom. The first kappa shape index (κ1) is 46.8. The van der Waals surface area contributed by atoms with E-state index in [1.807, 2.05) is 0 Å². The molecule has 0 heterocycles. The van der Waals surface area contributed by atoms with Crippen LogP contribution in [0.25, 0.3) is 0 Å².